The van der Waals surface area contributed by atoms with Crippen LogP contribution < -0.4 is 9.96 Å². The molecule has 7 heteroatoms. The molecule has 5 rings (SSSR count). The van der Waals surface area contributed by atoms with E-state index in [2.05, 4.69) is 15.9 Å². The van der Waals surface area contributed by atoms with Crippen molar-refractivity contribution in [3.05, 3.63) is 93.4 Å². The summed E-state index contributed by atoms with van der Waals surface area (Å²) in [6.07, 6.45) is -0.955. The first kappa shape index (κ1) is 21.2. The van der Waals surface area contributed by atoms with Crippen LogP contribution in [0.1, 0.15) is 24.1 Å². The van der Waals surface area contributed by atoms with Gasteiger partial charge in [0, 0.05) is 9.50 Å². The molecule has 0 spiro atoms. The molecule has 32 heavy (non-hydrogen) atoms. The highest BCUT2D eigenvalue weighted by Gasteiger charge is 2.68. The predicted octanol–water partition coefficient (Wildman–Crippen LogP) is 5.85. The van der Waals surface area contributed by atoms with Crippen molar-refractivity contribution >= 4 is 50.7 Å². The lowest BCUT2D eigenvalue weighted by Crippen LogP contribution is -2.41. The zero-order valence-corrected chi connectivity index (χ0v) is 19.8. The van der Waals surface area contributed by atoms with Crippen LogP contribution in [0.2, 0.25) is 5.02 Å². The molecule has 0 unspecified atom stereocenters. The fourth-order valence-electron chi connectivity index (χ4n) is 4.54. The van der Waals surface area contributed by atoms with Gasteiger partial charge in [-0.3, -0.25) is 14.4 Å². The topological polar surface area (TPSA) is 49.9 Å². The summed E-state index contributed by atoms with van der Waals surface area (Å²) >= 11 is 9.76. The van der Waals surface area contributed by atoms with Crippen molar-refractivity contribution in [1.82, 2.24) is 0 Å². The van der Waals surface area contributed by atoms with E-state index in [-0.39, 0.29) is 5.91 Å². The number of carbonyl (C=O) groups excluding carboxylic acids is 2. The highest BCUT2D eigenvalue weighted by Crippen LogP contribution is 2.55. The lowest BCUT2D eigenvalue weighted by molar-refractivity contribution is -0.128. The average Bonchev–Trinajstić information content (AvgIpc) is 3.20. The number of hydrogen-bond donors (Lipinski definition) is 0. The van der Waals surface area contributed by atoms with E-state index in [0.717, 1.165) is 21.3 Å². The third-order valence-electron chi connectivity index (χ3n) is 6.28. The van der Waals surface area contributed by atoms with Crippen molar-refractivity contribution in [2.24, 2.45) is 5.41 Å². The molecule has 0 bridgehead atoms. The van der Waals surface area contributed by atoms with Crippen LogP contribution in [-0.2, 0) is 14.4 Å². The molecule has 3 aromatic rings. The summed E-state index contributed by atoms with van der Waals surface area (Å²) in [6.45, 7) is 3.68. The molecular formula is C25H20BrClN2O3. The maximum Gasteiger partial charge on any atom is 0.266 e. The van der Waals surface area contributed by atoms with Gasteiger partial charge in [-0.05, 0) is 61.4 Å². The van der Waals surface area contributed by atoms with Gasteiger partial charge in [-0.1, -0.05) is 63.9 Å². The first-order valence-corrected chi connectivity index (χ1v) is 11.4. The van der Waals surface area contributed by atoms with Crippen molar-refractivity contribution in [2.45, 2.75) is 26.0 Å². The van der Waals surface area contributed by atoms with E-state index in [4.69, 9.17) is 16.4 Å². The molecule has 3 atom stereocenters. The van der Waals surface area contributed by atoms with Crippen LogP contribution in [0.5, 0.6) is 0 Å². The van der Waals surface area contributed by atoms with Gasteiger partial charge >= 0.3 is 0 Å². The van der Waals surface area contributed by atoms with Gasteiger partial charge in [0.1, 0.15) is 5.41 Å². The van der Waals surface area contributed by atoms with Crippen molar-refractivity contribution in [1.29, 1.82) is 0 Å². The summed E-state index contributed by atoms with van der Waals surface area (Å²) in [7, 11) is 0. The van der Waals surface area contributed by atoms with Crippen LogP contribution in [0.3, 0.4) is 0 Å². The highest BCUT2D eigenvalue weighted by molar-refractivity contribution is 9.10. The number of carbonyl (C=O) groups is 2. The summed E-state index contributed by atoms with van der Waals surface area (Å²) < 4.78 is 0.929. The maximum atomic E-state index is 13.9. The summed E-state index contributed by atoms with van der Waals surface area (Å²) in [5.41, 5.74) is 1.86. The van der Waals surface area contributed by atoms with Gasteiger partial charge < -0.3 is 0 Å². The quantitative estimate of drug-likeness (QED) is 0.414. The van der Waals surface area contributed by atoms with Crippen LogP contribution in [-0.4, -0.2) is 17.9 Å². The number of benzene rings is 3. The second-order valence-electron chi connectivity index (χ2n) is 8.30. The summed E-state index contributed by atoms with van der Waals surface area (Å²) in [6, 6.07) is 22.0. The Hall–Kier alpha value is -2.67. The van der Waals surface area contributed by atoms with E-state index in [1.165, 1.54) is 4.90 Å². The Kier molecular flexibility index (Phi) is 5.12. The molecule has 0 radical (unpaired) electrons. The smallest absolute Gasteiger partial charge is 0.266 e. The summed E-state index contributed by atoms with van der Waals surface area (Å²) in [5, 5.41) is 2.20. The number of imide groups is 1. The molecule has 2 aliphatic heterocycles. The van der Waals surface area contributed by atoms with Crippen molar-refractivity contribution in [3.8, 4) is 0 Å². The number of fused-ring (bicyclic) bond motifs is 1. The molecule has 0 N–H and O–H groups in total. The second kappa shape index (κ2) is 7.73. The number of anilines is 2. The molecule has 2 saturated heterocycles. The largest absolute Gasteiger partial charge is 0.273 e. The minimum atomic E-state index is -1.13. The van der Waals surface area contributed by atoms with Crippen LogP contribution in [0.15, 0.2) is 77.3 Å². The molecule has 0 saturated carbocycles. The number of amides is 2. The van der Waals surface area contributed by atoms with Gasteiger partial charge in [0.25, 0.3) is 5.91 Å². The highest BCUT2D eigenvalue weighted by atomic mass is 79.9. The molecular weight excluding hydrogens is 492 g/mol. The zero-order chi connectivity index (χ0) is 22.6. The Morgan fingerprint density at radius 3 is 2.31 bits per heavy atom. The third kappa shape index (κ3) is 3.09. The van der Waals surface area contributed by atoms with Gasteiger partial charge in [0.05, 0.1) is 17.4 Å². The monoisotopic (exact) mass is 510 g/mol. The summed E-state index contributed by atoms with van der Waals surface area (Å²) in [4.78, 5) is 34.8. The van der Waals surface area contributed by atoms with Crippen molar-refractivity contribution < 1.29 is 14.4 Å². The van der Waals surface area contributed by atoms with Crippen molar-refractivity contribution in [3.63, 3.8) is 0 Å². The number of halogens is 2. The third-order valence-corrected chi connectivity index (χ3v) is 7.22. The predicted molar refractivity (Wildman–Crippen MR) is 127 cm³/mol. The lowest BCUT2D eigenvalue weighted by atomic mass is 9.76. The normalized spacial score (nSPS) is 24.9. The first-order valence-electron chi connectivity index (χ1n) is 10.2. The number of nitrogens with zero attached hydrogens (tertiary/aromatic N) is 2. The Morgan fingerprint density at radius 2 is 1.66 bits per heavy atom. The molecule has 2 fully saturated rings. The van der Waals surface area contributed by atoms with E-state index in [1.807, 2.05) is 68.4 Å². The van der Waals surface area contributed by atoms with E-state index in [0.29, 0.717) is 10.7 Å². The van der Waals surface area contributed by atoms with Crippen LogP contribution in [0, 0.1) is 12.3 Å². The minimum absolute atomic E-state index is 0.307. The van der Waals surface area contributed by atoms with Crippen molar-refractivity contribution in [2.75, 3.05) is 9.96 Å². The molecule has 2 heterocycles. The fraction of sp³-hybridized carbons (Fsp3) is 0.200. The molecule has 0 aliphatic carbocycles. The average molecular weight is 512 g/mol. The molecule has 0 aromatic heterocycles. The van der Waals surface area contributed by atoms with E-state index >= 15 is 0 Å². The lowest BCUT2D eigenvalue weighted by Gasteiger charge is -2.32. The number of rotatable bonds is 3. The Bertz CT molecular complexity index is 1220. The van der Waals surface area contributed by atoms with E-state index < -0.39 is 23.5 Å². The number of para-hydroxylation sites is 1. The molecule has 5 nitrogen and oxygen atoms in total. The van der Waals surface area contributed by atoms with Crippen LogP contribution >= 0.6 is 27.5 Å². The van der Waals surface area contributed by atoms with Gasteiger partial charge in [-0.2, -0.15) is 0 Å². The molecule has 162 valence electrons. The first-order chi connectivity index (χ1) is 15.3. The van der Waals surface area contributed by atoms with E-state index in [1.54, 1.807) is 23.3 Å². The number of hydroxylamine groups is 1. The molecule has 3 aromatic carbocycles. The summed E-state index contributed by atoms with van der Waals surface area (Å²) in [5.74, 6) is -0.697. The standard InChI is InChI=1S/C25H20BrClN2O3/c1-15-8-13-19(14-20(15)27)28-23(30)22-25(2,24(28)31)21(16-9-11-17(26)12-10-16)29(32-22)18-6-4-3-5-7-18/h3-14,21-22H,1-2H3/t21-,22+,25+/m1/s1. The Morgan fingerprint density at radius 1 is 0.969 bits per heavy atom. The molecule has 2 aliphatic rings. The number of aryl methyl sites for hydroxylation is 1. The van der Waals surface area contributed by atoms with Gasteiger partial charge in [0.2, 0.25) is 5.91 Å². The fourth-order valence-corrected chi connectivity index (χ4v) is 4.98. The zero-order valence-electron chi connectivity index (χ0n) is 17.5. The van der Waals surface area contributed by atoms with Gasteiger partial charge in [-0.25, -0.2) is 9.96 Å². The van der Waals surface area contributed by atoms with E-state index in [9.17, 15) is 9.59 Å². The number of hydrogen-bond acceptors (Lipinski definition) is 4. The Labute approximate surface area is 199 Å². The van der Waals surface area contributed by atoms with Crippen LogP contribution in [0.25, 0.3) is 0 Å². The maximum absolute atomic E-state index is 13.9. The molecule has 2 amide bonds. The SMILES string of the molecule is Cc1ccc(N2C(=O)[C@@H]3ON(c4ccccc4)[C@H](c4ccc(Br)cc4)[C@]3(C)C2=O)cc1Cl. The second-order valence-corrected chi connectivity index (χ2v) is 9.62. The van der Waals surface area contributed by atoms with Gasteiger partial charge in [0.15, 0.2) is 6.10 Å². The van der Waals surface area contributed by atoms with Crippen LogP contribution in [0.4, 0.5) is 11.4 Å². The van der Waals surface area contributed by atoms with Gasteiger partial charge in [-0.15, -0.1) is 0 Å². The minimum Gasteiger partial charge on any atom is -0.273 e. The Balaban J connectivity index is 1.64.